The van der Waals surface area contributed by atoms with E-state index in [2.05, 4.69) is 0 Å². The van der Waals surface area contributed by atoms with Crippen LogP contribution in [0.5, 0.6) is 0 Å². The van der Waals surface area contributed by atoms with E-state index in [1.54, 1.807) is 12.1 Å². The molecule has 0 heterocycles. The molecule has 6 heteroatoms. The highest BCUT2D eigenvalue weighted by molar-refractivity contribution is 7.60. The molecule has 3 nitrogen and oxygen atoms in total. The van der Waals surface area contributed by atoms with Crippen molar-refractivity contribution in [2.24, 2.45) is 0 Å². The first-order valence-corrected chi connectivity index (χ1v) is 4.57. The van der Waals surface area contributed by atoms with Gasteiger partial charge in [0, 0.05) is 0 Å². The first kappa shape index (κ1) is 11.4. The Bertz CT molecular complexity index is 321. The van der Waals surface area contributed by atoms with Gasteiger partial charge < -0.3 is 0 Å². The average Bonchev–Trinajstić information content (AvgIpc) is 1.94. The summed E-state index contributed by atoms with van der Waals surface area (Å²) in [5.41, 5.74) is 0. The Morgan fingerprint density at radius 1 is 1.08 bits per heavy atom. The van der Waals surface area contributed by atoms with Crippen molar-refractivity contribution in [3.05, 3.63) is 34.3 Å². The Labute approximate surface area is 81.4 Å². The number of rotatable bonds is 0. The zero-order chi connectivity index (χ0) is 9.56. The maximum atomic E-state index is 8.67. The molecule has 0 fully saturated rings. The molecule has 1 aromatic rings. The van der Waals surface area contributed by atoms with Gasteiger partial charge in [-0.3, -0.25) is 0 Å². The molecule has 0 unspecified atom stereocenters. The first-order chi connectivity index (χ1) is 5.54. The topological polar surface area (TPSA) is 58.0 Å². The van der Waals surface area contributed by atoms with Gasteiger partial charge in [-0.15, -0.1) is 0 Å². The number of hydrogen-bond acceptors (Lipinski definition) is 3. The summed E-state index contributed by atoms with van der Waals surface area (Å²) in [6, 6.07) is 7.19. The van der Waals surface area contributed by atoms with Crippen LogP contribution in [-0.2, 0) is 10.5 Å². The summed E-state index contributed by atoms with van der Waals surface area (Å²) in [6.07, 6.45) is 0. The highest BCUT2D eigenvalue weighted by atomic mass is 35.5. The van der Waals surface area contributed by atoms with Crippen LogP contribution in [0.4, 0.5) is 0 Å². The van der Waals surface area contributed by atoms with Gasteiger partial charge in [-0.2, -0.15) is 13.2 Å². The fourth-order valence-corrected chi connectivity index (χ4v) is 0.711. The second-order valence-corrected chi connectivity index (χ2v) is 2.93. The molecule has 1 rings (SSSR count). The molecule has 0 saturated heterocycles. The van der Waals surface area contributed by atoms with Crippen molar-refractivity contribution in [3.63, 3.8) is 0 Å². The third kappa shape index (κ3) is 6.15. The van der Waals surface area contributed by atoms with E-state index in [1.165, 1.54) is 0 Å². The van der Waals surface area contributed by atoms with Gasteiger partial charge in [0.15, 0.2) is 0 Å². The standard InChI is InChI=1S/C6H4Cl2.HNO2S/c7-5-3-1-2-4-6(5)8;1-4(2)3/h1-4H;1H. The zero-order valence-corrected chi connectivity index (χ0v) is 8.12. The van der Waals surface area contributed by atoms with Gasteiger partial charge in [0.1, 0.15) is 0 Å². The van der Waals surface area contributed by atoms with E-state index >= 15 is 0 Å². The molecule has 0 bridgehead atoms. The van der Waals surface area contributed by atoms with Crippen molar-refractivity contribution in [3.8, 4) is 0 Å². The van der Waals surface area contributed by atoms with Gasteiger partial charge >= 0.3 is 10.5 Å². The summed E-state index contributed by atoms with van der Waals surface area (Å²) in [6.45, 7) is 0. The summed E-state index contributed by atoms with van der Waals surface area (Å²) in [7, 11) is -2.61. The lowest BCUT2D eigenvalue weighted by atomic mass is 10.4. The average molecular weight is 226 g/mol. The number of nitrogens with one attached hydrogen (secondary N) is 1. The van der Waals surface area contributed by atoms with Crippen LogP contribution in [0, 0.1) is 4.78 Å². The van der Waals surface area contributed by atoms with Gasteiger partial charge in [0.25, 0.3) is 0 Å². The van der Waals surface area contributed by atoms with Gasteiger partial charge in [-0.25, -0.2) is 0 Å². The molecule has 66 valence electrons. The highest BCUT2D eigenvalue weighted by Crippen LogP contribution is 2.19. The van der Waals surface area contributed by atoms with E-state index in [4.69, 9.17) is 36.4 Å². The zero-order valence-electron chi connectivity index (χ0n) is 5.79. The van der Waals surface area contributed by atoms with E-state index < -0.39 is 10.5 Å². The first-order valence-electron chi connectivity index (χ1n) is 2.74. The SMILES string of the molecule is Clc1ccccc1Cl.N=S(=O)=O. The molecule has 0 saturated carbocycles. The minimum atomic E-state index is -2.61. The van der Waals surface area contributed by atoms with Crippen molar-refractivity contribution in [2.45, 2.75) is 0 Å². The smallest absolute Gasteiger partial charge is 0.188 e. The molecular formula is C6H5Cl2NO2S. The Morgan fingerprint density at radius 3 is 1.50 bits per heavy atom. The molecular weight excluding hydrogens is 221 g/mol. The molecule has 0 radical (unpaired) electrons. The summed E-state index contributed by atoms with van der Waals surface area (Å²) >= 11 is 11.2. The van der Waals surface area contributed by atoms with E-state index in [-0.39, 0.29) is 0 Å². The molecule has 0 atom stereocenters. The van der Waals surface area contributed by atoms with Crippen LogP contribution in [0.1, 0.15) is 0 Å². The van der Waals surface area contributed by atoms with E-state index in [1.807, 2.05) is 12.1 Å². The summed E-state index contributed by atoms with van der Waals surface area (Å²) in [5.74, 6) is 0. The molecule has 0 aliphatic heterocycles. The fourth-order valence-electron chi connectivity index (χ4n) is 0.439. The lowest BCUT2D eigenvalue weighted by Crippen LogP contribution is -1.62. The molecule has 0 aromatic heterocycles. The summed E-state index contributed by atoms with van der Waals surface area (Å²) in [5, 5.41) is 1.21. The van der Waals surface area contributed by atoms with E-state index in [9.17, 15) is 0 Å². The Balaban J connectivity index is 0.000000261. The predicted octanol–water partition coefficient (Wildman–Crippen LogP) is 2.62. The van der Waals surface area contributed by atoms with Crippen LogP contribution >= 0.6 is 23.2 Å². The van der Waals surface area contributed by atoms with Gasteiger partial charge in [-0.05, 0) is 12.1 Å². The summed E-state index contributed by atoms with van der Waals surface area (Å²) < 4.78 is 22.8. The molecule has 1 aromatic carbocycles. The fraction of sp³-hybridized carbons (Fsp3) is 0. The molecule has 0 aliphatic carbocycles. The van der Waals surface area contributed by atoms with E-state index in [0.29, 0.717) is 10.0 Å². The van der Waals surface area contributed by atoms with Crippen molar-refractivity contribution in [1.29, 1.82) is 4.78 Å². The van der Waals surface area contributed by atoms with Crippen molar-refractivity contribution in [2.75, 3.05) is 0 Å². The third-order valence-corrected chi connectivity index (χ3v) is 1.58. The number of halogens is 2. The minimum Gasteiger partial charge on any atom is -0.188 e. The van der Waals surface area contributed by atoms with Crippen molar-refractivity contribution in [1.82, 2.24) is 0 Å². The largest absolute Gasteiger partial charge is 0.308 e. The Hall–Kier alpha value is -0.580. The third-order valence-electron chi connectivity index (χ3n) is 0.824. The van der Waals surface area contributed by atoms with Crippen LogP contribution in [0.2, 0.25) is 10.0 Å². The molecule has 1 N–H and O–H groups in total. The Morgan fingerprint density at radius 2 is 1.33 bits per heavy atom. The molecule has 12 heavy (non-hydrogen) atoms. The molecule has 0 amide bonds. The van der Waals surface area contributed by atoms with Gasteiger partial charge in [-0.1, -0.05) is 35.3 Å². The van der Waals surface area contributed by atoms with Crippen molar-refractivity contribution < 1.29 is 8.42 Å². The summed E-state index contributed by atoms with van der Waals surface area (Å²) in [4.78, 5) is 0. The number of benzene rings is 1. The number of hydrogen-bond donors (Lipinski definition) is 1. The second kappa shape index (κ2) is 5.99. The molecule has 0 aliphatic rings. The van der Waals surface area contributed by atoms with Crippen LogP contribution in [-0.4, -0.2) is 8.42 Å². The maximum Gasteiger partial charge on any atom is 0.308 e. The van der Waals surface area contributed by atoms with Crippen LogP contribution in [0.3, 0.4) is 0 Å². The van der Waals surface area contributed by atoms with Crippen LogP contribution in [0.15, 0.2) is 24.3 Å². The lowest BCUT2D eigenvalue weighted by Gasteiger charge is -1.88. The minimum absolute atomic E-state index is 0.606. The predicted molar refractivity (Wildman–Crippen MR) is 48.1 cm³/mol. The molecule has 0 spiro atoms. The monoisotopic (exact) mass is 225 g/mol. The Kier molecular flexibility index (Phi) is 5.70. The highest BCUT2D eigenvalue weighted by Gasteiger charge is 1.89. The second-order valence-electron chi connectivity index (χ2n) is 1.65. The van der Waals surface area contributed by atoms with Gasteiger partial charge in [0.05, 0.1) is 10.0 Å². The van der Waals surface area contributed by atoms with E-state index in [0.717, 1.165) is 0 Å². The maximum absolute atomic E-state index is 8.67. The lowest BCUT2D eigenvalue weighted by molar-refractivity contribution is 0.620. The van der Waals surface area contributed by atoms with Crippen LogP contribution in [0.25, 0.3) is 0 Å². The normalized spacial score (nSPS) is 8.17. The van der Waals surface area contributed by atoms with Crippen LogP contribution < -0.4 is 0 Å². The van der Waals surface area contributed by atoms with Gasteiger partial charge in [0.2, 0.25) is 0 Å². The van der Waals surface area contributed by atoms with Crippen molar-refractivity contribution >= 4 is 33.7 Å². The quantitative estimate of drug-likeness (QED) is 0.739.